The van der Waals surface area contributed by atoms with Crippen LogP contribution in [0.4, 0.5) is 11.4 Å². The van der Waals surface area contributed by atoms with Crippen LogP contribution in [0.1, 0.15) is 5.56 Å². The van der Waals surface area contributed by atoms with Gasteiger partial charge in [0, 0.05) is 16.6 Å². The van der Waals surface area contributed by atoms with Crippen molar-refractivity contribution in [2.45, 2.75) is 18.2 Å². The molecule has 28 heavy (non-hydrogen) atoms. The van der Waals surface area contributed by atoms with Crippen molar-refractivity contribution in [3.63, 3.8) is 0 Å². The number of thioether (sulfide) groups is 1. The van der Waals surface area contributed by atoms with Crippen LogP contribution in [-0.4, -0.2) is 48.8 Å². The molecule has 2 heterocycles. The van der Waals surface area contributed by atoms with E-state index in [0.717, 1.165) is 16.9 Å². The predicted molar refractivity (Wildman–Crippen MR) is 115 cm³/mol. The molecule has 146 valence electrons. The fourth-order valence-corrected chi connectivity index (χ4v) is 7.11. The third-order valence-electron chi connectivity index (χ3n) is 4.74. The maximum Gasteiger partial charge on any atom is 0.244 e. The van der Waals surface area contributed by atoms with Crippen LogP contribution in [0.15, 0.2) is 59.6 Å². The average molecular weight is 416 g/mol. The van der Waals surface area contributed by atoms with E-state index in [9.17, 15) is 13.2 Å². The van der Waals surface area contributed by atoms with Gasteiger partial charge in [-0.1, -0.05) is 47.7 Å². The quantitative estimate of drug-likeness (QED) is 0.831. The number of para-hydroxylation sites is 1. The number of amidine groups is 1. The molecule has 0 aliphatic carbocycles. The highest BCUT2D eigenvalue weighted by atomic mass is 32.2. The van der Waals surface area contributed by atoms with E-state index in [0.29, 0.717) is 5.17 Å². The minimum atomic E-state index is -3.01. The van der Waals surface area contributed by atoms with Gasteiger partial charge >= 0.3 is 0 Å². The second-order valence-electron chi connectivity index (χ2n) is 7.05. The Morgan fingerprint density at radius 3 is 2.54 bits per heavy atom. The lowest BCUT2D eigenvalue weighted by Crippen LogP contribution is -2.36. The summed E-state index contributed by atoms with van der Waals surface area (Å²) in [5.41, 5.74) is 2.73. The molecule has 1 fully saturated rings. The molecule has 1 N–H and O–H groups in total. The Bertz CT molecular complexity index is 1000. The van der Waals surface area contributed by atoms with Gasteiger partial charge in [-0.25, -0.2) is 8.42 Å². The molecular formula is C20H21N3O3S2. The van der Waals surface area contributed by atoms with Crippen LogP contribution in [0.3, 0.4) is 0 Å². The van der Waals surface area contributed by atoms with Gasteiger partial charge < -0.3 is 10.2 Å². The molecule has 2 aliphatic rings. The van der Waals surface area contributed by atoms with Gasteiger partial charge in [-0.05, 0) is 31.2 Å². The van der Waals surface area contributed by atoms with E-state index in [4.69, 9.17) is 0 Å². The lowest BCUT2D eigenvalue weighted by Gasteiger charge is -2.24. The van der Waals surface area contributed by atoms with Gasteiger partial charge in [-0.15, -0.1) is 0 Å². The van der Waals surface area contributed by atoms with Crippen molar-refractivity contribution in [3.05, 3.63) is 60.2 Å². The highest BCUT2D eigenvalue weighted by molar-refractivity contribution is 8.15. The Morgan fingerprint density at radius 1 is 1.14 bits per heavy atom. The molecule has 4 rings (SSSR count). The second kappa shape index (κ2) is 7.60. The normalized spacial score (nSPS) is 22.4. The minimum absolute atomic E-state index is 0.0635. The molecule has 0 spiro atoms. The van der Waals surface area contributed by atoms with Crippen LogP contribution in [0.5, 0.6) is 0 Å². The number of amides is 1. The Morgan fingerprint density at radius 2 is 1.86 bits per heavy atom. The van der Waals surface area contributed by atoms with Gasteiger partial charge in [0.05, 0.1) is 17.5 Å². The summed E-state index contributed by atoms with van der Waals surface area (Å²) in [6, 6.07) is 17.0. The number of rotatable bonds is 4. The molecule has 2 aromatic carbocycles. The lowest BCUT2D eigenvalue weighted by molar-refractivity contribution is -0.114. The van der Waals surface area contributed by atoms with Crippen molar-refractivity contribution >= 4 is 44.0 Å². The smallest absolute Gasteiger partial charge is 0.244 e. The molecule has 2 aromatic rings. The molecule has 6 nitrogen and oxygen atoms in total. The fourth-order valence-electron chi connectivity index (χ4n) is 3.33. The fraction of sp³-hybridized carbons (Fsp3) is 0.300. The van der Waals surface area contributed by atoms with Crippen LogP contribution < -0.4 is 10.2 Å². The van der Waals surface area contributed by atoms with Gasteiger partial charge in [-0.2, -0.15) is 0 Å². The summed E-state index contributed by atoms with van der Waals surface area (Å²) in [6.45, 7) is 2.10. The third kappa shape index (κ3) is 4.23. The van der Waals surface area contributed by atoms with Gasteiger partial charge in [-0.3, -0.25) is 9.79 Å². The highest BCUT2D eigenvalue weighted by Gasteiger charge is 2.44. The first-order valence-electron chi connectivity index (χ1n) is 9.04. The number of carbonyl (C=O) groups is 1. The van der Waals surface area contributed by atoms with Crippen molar-refractivity contribution in [2.24, 2.45) is 4.99 Å². The number of hydrogen-bond acceptors (Lipinski definition) is 6. The largest absolute Gasteiger partial charge is 0.325 e. The average Bonchev–Trinajstić information content (AvgIpc) is 3.16. The van der Waals surface area contributed by atoms with E-state index in [1.54, 1.807) is 0 Å². The summed E-state index contributed by atoms with van der Waals surface area (Å²) in [6.07, 6.45) is 0. The van der Waals surface area contributed by atoms with Gasteiger partial charge in [0.1, 0.15) is 6.54 Å². The lowest BCUT2D eigenvalue weighted by atomic mass is 10.2. The number of anilines is 2. The molecule has 2 aliphatic heterocycles. The van der Waals surface area contributed by atoms with E-state index in [1.807, 2.05) is 66.4 Å². The zero-order valence-corrected chi connectivity index (χ0v) is 17.0. The van der Waals surface area contributed by atoms with Crippen molar-refractivity contribution in [1.29, 1.82) is 0 Å². The molecule has 2 atom stereocenters. The van der Waals surface area contributed by atoms with Gasteiger partial charge in [0.2, 0.25) is 5.91 Å². The molecular weight excluding hydrogens is 394 g/mol. The second-order valence-corrected chi connectivity index (χ2v) is 10.4. The van der Waals surface area contributed by atoms with Crippen LogP contribution in [0, 0.1) is 6.92 Å². The molecule has 2 unspecified atom stereocenters. The van der Waals surface area contributed by atoms with E-state index in [1.165, 1.54) is 11.8 Å². The van der Waals surface area contributed by atoms with Crippen LogP contribution in [0.25, 0.3) is 0 Å². The number of fused-ring (bicyclic) bond motifs is 1. The van der Waals surface area contributed by atoms with Crippen molar-refractivity contribution in [3.8, 4) is 0 Å². The SMILES string of the molecule is Cc1ccc(NC(=O)CN(C2=NC3CS(=O)(=O)CC3S2)c2ccccc2)cc1. The van der Waals surface area contributed by atoms with Crippen LogP contribution in [-0.2, 0) is 14.6 Å². The molecule has 0 bridgehead atoms. The molecule has 1 amide bonds. The maximum absolute atomic E-state index is 12.7. The van der Waals surface area contributed by atoms with Crippen molar-refractivity contribution in [1.82, 2.24) is 0 Å². The van der Waals surface area contributed by atoms with E-state index < -0.39 is 9.84 Å². The molecule has 8 heteroatoms. The van der Waals surface area contributed by atoms with Crippen LogP contribution in [0.2, 0.25) is 0 Å². The topological polar surface area (TPSA) is 78.8 Å². The maximum atomic E-state index is 12.7. The summed E-state index contributed by atoms with van der Waals surface area (Å²) < 4.78 is 23.7. The summed E-state index contributed by atoms with van der Waals surface area (Å²) >= 11 is 1.45. The standard InChI is InChI=1S/C20H21N3O3S2/c1-14-7-9-15(10-8-14)21-19(24)11-23(16-5-3-2-4-6-16)20-22-17-12-28(25,26)13-18(17)27-20/h2-10,17-18H,11-13H2,1H3,(H,21,24). The monoisotopic (exact) mass is 415 g/mol. The van der Waals surface area contributed by atoms with Crippen molar-refractivity contribution < 1.29 is 13.2 Å². The molecule has 0 aromatic heterocycles. The highest BCUT2D eigenvalue weighted by Crippen LogP contribution is 2.36. The van der Waals surface area contributed by atoms with Crippen molar-refractivity contribution in [2.75, 3.05) is 28.3 Å². The summed E-state index contributed by atoms with van der Waals surface area (Å²) in [5.74, 6) is 0.0839. The van der Waals surface area contributed by atoms with Gasteiger partial charge in [0.15, 0.2) is 15.0 Å². The molecule has 1 saturated heterocycles. The minimum Gasteiger partial charge on any atom is -0.325 e. The summed E-state index contributed by atoms with van der Waals surface area (Å²) in [7, 11) is -3.01. The van der Waals surface area contributed by atoms with Gasteiger partial charge in [0.25, 0.3) is 0 Å². The Hall–Kier alpha value is -2.32. The summed E-state index contributed by atoms with van der Waals surface area (Å²) in [5, 5.41) is 3.56. The zero-order valence-electron chi connectivity index (χ0n) is 15.4. The van der Waals surface area contributed by atoms with Crippen LogP contribution >= 0.6 is 11.8 Å². The zero-order chi connectivity index (χ0) is 19.7. The Kier molecular flexibility index (Phi) is 5.16. The number of nitrogens with zero attached hydrogens (tertiary/aromatic N) is 2. The first kappa shape index (κ1) is 19.0. The number of benzene rings is 2. The van der Waals surface area contributed by atoms with E-state index in [2.05, 4.69) is 10.3 Å². The first-order valence-corrected chi connectivity index (χ1v) is 11.7. The predicted octanol–water partition coefficient (Wildman–Crippen LogP) is 2.71. The third-order valence-corrected chi connectivity index (χ3v) is 7.99. The Balaban J connectivity index is 1.54. The molecule has 0 saturated carbocycles. The van der Waals surface area contributed by atoms with E-state index in [-0.39, 0.29) is 35.2 Å². The summed E-state index contributed by atoms with van der Waals surface area (Å²) in [4.78, 5) is 19.2. The number of aliphatic imine (C=N–C) groups is 1. The van der Waals surface area contributed by atoms with E-state index >= 15 is 0 Å². The number of carbonyl (C=O) groups excluding carboxylic acids is 1. The molecule has 0 radical (unpaired) electrons. The first-order chi connectivity index (χ1) is 13.4. The number of hydrogen-bond donors (Lipinski definition) is 1. The Labute approximate surface area is 169 Å². The number of nitrogens with one attached hydrogen (secondary N) is 1. The number of sulfone groups is 1. The number of aryl methyl sites for hydroxylation is 1.